The Balaban J connectivity index is 3.89. The zero-order valence-electron chi connectivity index (χ0n) is 17.7. The molecule has 0 amide bonds. The average molecular weight is 359 g/mol. The summed E-state index contributed by atoms with van der Waals surface area (Å²) in [5, 5.41) is 0. The second kappa shape index (κ2) is 15.4. The zero-order valence-corrected chi connectivity index (χ0v) is 18.7. The van der Waals surface area contributed by atoms with Gasteiger partial charge in [0.25, 0.3) is 0 Å². The summed E-state index contributed by atoms with van der Waals surface area (Å²) in [6.45, 7) is 13.3. The predicted molar refractivity (Wildman–Crippen MR) is 110 cm³/mol. The third kappa shape index (κ3) is 13.4. The van der Waals surface area contributed by atoms with E-state index in [9.17, 15) is 0 Å². The smallest absolute Gasteiger partial charge is 0.335 e. The highest BCUT2D eigenvalue weighted by Crippen LogP contribution is 2.23. The van der Waals surface area contributed by atoms with Crippen molar-refractivity contribution in [1.82, 2.24) is 0 Å². The van der Waals surface area contributed by atoms with E-state index in [1.165, 1.54) is 64.2 Å². The van der Waals surface area contributed by atoms with Crippen LogP contribution in [-0.2, 0) is 8.85 Å². The van der Waals surface area contributed by atoms with Gasteiger partial charge in [0.1, 0.15) is 0 Å². The molecular weight excluding hydrogens is 312 g/mol. The van der Waals surface area contributed by atoms with Gasteiger partial charge >= 0.3 is 8.56 Å². The molecule has 0 aromatic rings. The molecule has 0 saturated heterocycles. The Morgan fingerprint density at radius 1 is 0.625 bits per heavy atom. The molecule has 0 spiro atoms. The van der Waals surface area contributed by atoms with Gasteiger partial charge in [-0.15, -0.1) is 0 Å². The van der Waals surface area contributed by atoms with Crippen molar-refractivity contribution in [2.75, 3.05) is 0 Å². The van der Waals surface area contributed by atoms with Crippen molar-refractivity contribution < 1.29 is 8.85 Å². The lowest BCUT2D eigenvalue weighted by atomic mass is 10.1. The van der Waals surface area contributed by atoms with Gasteiger partial charge in [0.15, 0.2) is 0 Å². The summed E-state index contributed by atoms with van der Waals surface area (Å²) in [7, 11) is -2.01. The molecule has 0 fully saturated rings. The van der Waals surface area contributed by atoms with E-state index in [0.717, 1.165) is 18.9 Å². The highest BCUT2D eigenvalue weighted by Gasteiger charge is 2.34. The van der Waals surface area contributed by atoms with E-state index in [1.807, 2.05) is 0 Å². The molecule has 0 aliphatic heterocycles. The van der Waals surface area contributed by atoms with Crippen molar-refractivity contribution in [2.45, 2.75) is 136 Å². The van der Waals surface area contributed by atoms with Gasteiger partial charge < -0.3 is 8.85 Å². The van der Waals surface area contributed by atoms with Crippen LogP contribution in [0.15, 0.2) is 0 Å². The van der Waals surface area contributed by atoms with E-state index in [0.29, 0.717) is 12.2 Å². The van der Waals surface area contributed by atoms with Crippen molar-refractivity contribution in [3.8, 4) is 0 Å². The van der Waals surface area contributed by atoms with Crippen molar-refractivity contribution in [1.29, 1.82) is 0 Å². The topological polar surface area (TPSA) is 18.5 Å². The lowest BCUT2D eigenvalue weighted by molar-refractivity contribution is 0.0907. The Labute approximate surface area is 154 Å². The number of unbranched alkanes of at least 4 members (excludes halogenated alkanes) is 9. The Kier molecular flexibility index (Phi) is 15.5. The van der Waals surface area contributed by atoms with Crippen LogP contribution in [0.5, 0.6) is 0 Å². The molecule has 0 aromatic carbocycles. The summed E-state index contributed by atoms with van der Waals surface area (Å²) in [5.74, 6) is 0. The van der Waals surface area contributed by atoms with Crippen LogP contribution in [0.1, 0.15) is 112 Å². The second-order valence-corrected chi connectivity index (χ2v) is 11.0. The van der Waals surface area contributed by atoms with Gasteiger partial charge in [0.05, 0.1) is 0 Å². The Hall–Kier alpha value is 0.137. The van der Waals surface area contributed by atoms with E-state index < -0.39 is 8.56 Å². The van der Waals surface area contributed by atoms with E-state index in [-0.39, 0.29) is 0 Å². The first kappa shape index (κ1) is 24.1. The summed E-state index contributed by atoms with van der Waals surface area (Å²) >= 11 is 0. The summed E-state index contributed by atoms with van der Waals surface area (Å²) in [4.78, 5) is 0. The third-order valence-corrected chi connectivity index (χ3v) is 8.10. The third-order valence-electron chi connectivity index (χ3n) is 5.04. The molecular formula is C21H46O2Si. The Morgan fingerprint density at radius 2 is 1.00 bits per heavy atom. The first-order valence-electron chi connectivity index (χ1n) is 10.8. The number of hydrogen-bond acceptors (Lipinski definition) is 2. The average Bonchev–Trinajstić information content (AvgIpc) is 2.56. The Morgan fingerprint density at radius 3 is 1.38 bits per heavy atom. The maximum absolute atomic E-state index is 6.36. The maximum Gasteiger partial charge on any atom is 0.335 e. The van der Waals surface area contributed by atoms with E-state index in [4.69, 9.17) is 8.85 Å². The summed E-state index contributed by atoms with van der Waals surface area (Å²) in [5.41, 5.74) is 0. The molecule has 2 nitrogen and oxygen atoms in total. The predicted octanol–water partition coefficient (Wildman–Crippen LogP) is 7.61. The van der Waals surface area contributed by atoms with Crippen LogP contribution in [0, 0.1) is 0 Å². The fourth-order valence-electron chi connectivity index (χ4n) is 3.10. The minimum absolute atomic E-state index is 0.328. The molecule has 2 atom stereocenters. The van der Waals surface area contributed by atoms with Gasteiger partial charge in [-0.1, -0.05) is 85.0 Å². The number of rotatable bonds is 17. The van der Waals surface area contributed by atoms with Gasteiger partial charge in [-0.25, -0.2) is 0 Å². The van der Waals surface area contributed by atoms with Crippen LogP contribution >= 0.6 is 0 Å². The van der Waals surface area contributed by atoms with Gasteiger partial charge in [-0.05, 0) is 39.3 Å². The monoisotopic (exact) mass is 358 g/mol. The van der Waals surface area contributed by atoms with Gasteiger partial charge in [0.2, 0.25) is 0 Å². The maximum atomic E-state index is 6.36. The van der Waals surface area contributed by atoms with Crippen molar-refractivity contribution in [2.24, 2.45) is 0 Å². The van der Waals surface area contributed by atoms with Crippen LogP contribution in [0.3, 0.4) is 0 Å². The zero-order chi connectivity index (χ0) is 18.3. The first-order chi connectivity index (χ1) is 11.5. The molecule has 0 heterocycles. The van der Waals surface area contributed by atoms with E-state index in [2.05, 4.69) is 41.2 Å². The fourth-order valence-corrected chi connectivity index (χ4v) is 6.32. The highest BCUT2D eigenvalue weighted by molar-refractivity contribution is 6.66. The normalized spacial score (nSPS) is 16.8. The van der Waals surface area contributed by atoms with E-state index >= 15 is 0 Å². The SMILES string of the molecule is CCCCCCCCCCCC[Si](C)(OC(C)CC)OC(C)CC. The fraction of sp³-hybridized carbons (Fsp3) is 1.00. The van der Waals surface area contributed by atoms with Crippen LogP contribution in [0.2, 0.25) is 12.6 Å². The first-order valence-corrected chi connectivity index (χ1v) is 13.3. The lowest BCUT2D eigenvalue weighted by Gasteiger charge is -2.32. The van der Waals surface area contributed by atoms with Gasteiger partial charge in [0, 0.05) is 12.2 Å². The van der Waals surface area contributed by atoms with Crippen molar-refractivity contribution in [3.05, 3.63) is 0 Å². The summed E-state index contributed by atoms with van der Waals surface area (Å²) < 4.78 is 12.7. The molecule has 0 aliphatic carbocycles. The Bertz CT molecular complexity index is 259. The van der Waals surface area contributed by atoms with Crippen LogP contribution in [-0.4, -0.2) is 20.8 Å². The molecule has 0 aliphatic rings. The molecule has 146 valence electrons. The van der Waals surface area contributed by atoms with Gasteiger partial charge in [-0.2, -0.15) is 0 Å². The molecule has 0 rings (SSSR count). The minimum Gasteiger partial charge on any atom is -0.392 e. The second-order valence-electron chi connectivity index (χ2n) is 7.74. The molecule has 24 heavy (non-hydrogen) atoms. The summed E-state index contributed by atoms with van der Waals surface area (Å²) in [6, 6.07) is 1.15. The molecule has 0 aromatic heterocycles. The summed E-state index contributed by atoms with van der Waals surface area (Å²) in [6.07, 6.45) is 16.7. The van der Waals surface area contributed by atoms with E-state index in [1.54, 1.807) is 0 Å². The highest BCUT2D eigenvalue weighted by atomic mass is 28.4. The molecule has 3 heteroatoms. The number of hydrogen-bond donors (Lipinski definition) is 0. The lowest BCUT2D eigenvalue weighted by Crippen LogP contribution is -2.43. The van der Waals surface area contributed by atoms with Crippen molar-refractivity contribution >= 4 is 8.56 Å². The van der Waals surface area contributed by atoms with Gasteiger partial charge in [-0.3, -0.25) is 0 Å². The van der Waals surface area contributed by atoms with Crippen LogP contribution in [0.25, 0.3) is 0 Å². The van der Waals surface area contributed by atoms with Crippen LogP contribution in [0.4, 0.5) is 0 Å². The molecule has 0 radical (unpaired) electrons. The standard InChI is InChI=1S/C21H46O2Si/c1-7-10-11-12-13-14-15-16-17-18-19-24(6,22-20(4)8-2)23-21(5)9-3/h20-21H,7-19H2,1-6H3. The largest absolute Gasteiger partial charge is 0.392 e. The molecule has 0 bridgehead atoms. The quantitative estimate of drug-likeness (QED) is 0.197. The molecule has 0 N–H and O–H groups in total. The van der Waals surface area contributed by atoms with Crippen LogP contribution < -0.4 is 0 Å². The van der Waals surface area contributed by atoms with Crippen molar-refractivity contribution in [3.63, 3.8) is 0 Å². The minimum atomic E-state index is -2.01. The molecule has 0 saturated carbocycles. The molecule has 2 unspecified atom stereocenters.